The zero-order valence-corrected chi connectivity index (χ0v) is 19.0. The van der Waals surface area contributed by atoms with Gasteiger partial charge in [0.2, 0.25) is 0 Å². The average molecular weight is 410 g/mol. The summed E-state index contributed by atoms with van der Waals surface area (Å²) in [5.41, 5.74) is 8.30. The van der Waals surface area contributed by atoms with Gasteiger partial charge in [0.05, 0.1) is 11.6 Å². The Kier molecular flexibility index (Phi) is 6.38. The summed E-state index contributed by atoms with van der Waals surface area (Å²) in [5.74, 6) is 1.14. The average Bonchev–Trinajstić information content (AvgIpc) is 2.96. The monoisotopic (exact) mass is 409 g/mol. The lowest BCUT2D eigenvalue weighted by Crippen LogP contribution is -2.36. The highest BCUT2D eigenvalue weighted by molar-refractivity contribution is 5.93. The van der Waals surface area contributed by atoms with E-state index in [1.54, 1.807) is 0 Å². The number of nitrogens with zero attached hydrogens (tertiary/aromatic N) is 3. The summed E-state index contributed by atoms with van der Waals surface area (Å²) < 4.78 is 2.45. The highest BCUT2D eigenvalue weighted by atomic mass is 35.5. The molecule has 3 aromatic rings. The first-order valence-electron chi connectivity index (χ1n) is 10.4. The summed E-state index contributed by atoms with van der Waals surface area (Å²) in [7, 11) is 0. The molecule has 1 atom stereocenters. The van der Waals surface area contributed by atoms with Gasteiger partial charge in [0.1, 0.15) is 0 Å². The molecule has 154 valence electrons. The Morgan fingerprint density at radius 2 is 1.93 bits per heavy atom. The summed E-state index contributed by atoms with van der Waals surface area (Å²) in [6.07, 6.45) is 6.47. The molecule has 0 fully saturated rings. The Labute approximate surface area is 180 Å². The van der Waals surface area contributed by atoms with Crippen molar-refractivity contribution in [3.63, 3.8) is 0 Å². The first-order chi connectivity index (χ1) is 13.5. The summed E-state index contributed by atoms with van der Waals surface area (Å²) in [5, 5.41) is 1.33. The van der Waals surface area contributed by atoms with Gasteiger partial charge in [0.15, 0.2) is 5.82 Å². The normalized spacial score (nSPS) is 15.8. The molecule has 0 spiro atoms. The largest absolute Gasteiger partial charge is 0.347 e. The van der Waals surface area contributed by atoms with Crippen LogP contribution in [0.15, 0.2) is 48.2 Å². The molecular weight excluding hydrogens is 378 g/mol. The maximum absolute atomic E-state index is 4.93. The van der Waals surface area contributed by atoms with Gasteiger partial charge in [-0.05, 0) is 63.3 Å². The second-order valence-electron chi connectivity index (χ2n) is 8.20. The molecule has 0 N–H and O–H groups in total. The zero-order valence-electron chi connectivity index (χ0n) is 18.2. The summed E-state index contributed by atoms with van der Waals surface area (Å²) in [6, 6.07) is 11.5. The third-order valence-electron chi connectivity index (χ3n) is 6.28. The maximum Gasteiger partial charge on any atom is 0.153 e. The first kappa shape index (κ1) is 21.4. The van der Waals surface area contributed by atoms with Crippen LogP contribution in [-0.2, 0) is 13.0 Å². The number of allylic oxidation sites excluding steroid dienone is 2. The van der Waals surface area contributed by atoms with Crippen LogP contribution < -0.4 is 4.90 Å². The molecule has 2 aromatic heterocycles. The van der Waals surface area contributed by atoms with Gasteiger partial charge >= 0.3 is 0 Å². The van der Waals surface area contributed by atoms with Crippen LogP contribution >= 0.6 is 12.4 Å². The predicted molar refractivity (Wildman–Crippen MR) is 126 cm³/mol. The zero-order chi connectivity index (χ0) is 19.8. The number of rotatable bonds is 4. The van der Waals surface area contributed by atoms with Crippen molar-refractivity contribution in [2.75, 3.05) is 11.4 Å². The smallest absolute Gasteiger partial charge is 0.153 e. The van der Waals surface area contributed by atoms with Crippen LogP contribution in [0.3, 0.4) is 0 Å². The van der Waals surface area contributed by atoms with Crippen molar-refractivity contribution in [3.8, 4) is 0 Å². The lowest BCUT2D eigenvalue weighted by molar-refractivity contribution is 0.562. The Bertz CT molecular complexity index is 1040. The van der Waals surface area contributed by atoms with E-state index < -0.39 is 0 Å². The number of hydrogen-bond donors (Lipinski definition) is 0. The Morgan fingerprint density at radius 1 is 1.17 bits per heavy atom. The van der Waals surface area contributed by atoms with Crippen molar-refractivity contribution in [3.05, 3.63) is 70.6 Å². The third-order valence-corrected chi connectivity index (χ3v) is 6.28. The van der Waals surface area contributed by atoms with Crippen molar-refractivity contribution in [2.24, 2.45) is 0 Å². The van der Waals surface area contributed by atoms with Gasteiger partial charge in [0, 0.05) is 30.4 Å². The van der Waals surface area contributed by atoms with Gasteiger partial charge in [-0.25, -0.2) is 4.98 Å². The Morgan fingerprint density at radius 3 is 2.66 bits per heavy atom. The number of halogens is 1. The molecular formula is C25H32ClN3. The quantitative estimate of drug-likeness (QED) is 0.455. The minimum Gasteiger partial charge on any atom is -0.347 e. The Hall–Kier alpha value is -2.26. The predicted octanol–water partition coefficient (Wildman–Crippen LogP) is 6.55. The SMILES string of the molecule is CCC1c2ccccc2CCN1c1nccc2c(C)c(C)n(CC=C(C)C)c12.Cl. The number of aromatic nitrogens is 2. The van der Waals surface area contributed by atoms with E-state index in [0.29, 0.717) is 6.04 Å². The lowest BCUT2D eigenvalue weighted by atomic mass is 9.91. The van der Waals surface area contributed by atoms with Crippen molar-refractivity contribution in [2.45, 2.75) is 60.0 Å². The van der Waals surface area contributed by atoms with Crippen molar-refractivity contribution in [1.82, 2.24) is 9.55 Å². The topological polar surface area (TPSA) is 21.1 Å². The van der Waals surface area contributed by atoms with Crippen molar-refractivity contribution in [1.29, 1.82) is 0 Å². The molecule has 0 radical (unpaired) electrons. The number of pyridine rings is 1. The fraction of sp³-hybridized carbons (Fsp3) is 0.400. The van der Waals surface area contributed by atoms with Crippen molar-refractivity contribution < 1.29 is 0 Å². The van der Waals surface area contributed by atoms with E-state index in [9.17, 15) is 0 Å². The third kappa shape index (κ3) is 3.69. The van der Waals surface area contributed by atoms with E-state index in [0.717, 1.165) is 31.7 Å². The number of benzene rings is 1. The molecule has 0 amide bonds. The molecule has 1 unspecified atom stereocenters. The van der Waals surface area contributed by atoms with Crippen molar-refractivity contribution >= 4 is 29.1 Å². The summed E-state index contributed by atoms with van der Waals surface area (Å²) in [6.45, 7) is 13.0. The maximum atomic E-state index is 4.93. The van der Waals surface area contributed by atoms with Crippen LogP contribution in [0.2, 0.25) is 0 Å². The van der Waals surface area contributed by atoms with Crippen LogP contribution in [0.1, 0.15) is 55.6 Å². The second kappa shape index (κ2) is 8.62. The molecule has 1 aliphatic heterocycles. The molecule has 3 nitrogen and oxygen atoms in total. The van der Waals surface area contributed by atoms with E-state index >= 15 is 0 Å². The second-order valence-corrected chi connectivity index (χ2v) is 8.20. The van der Waals surface area contributed by atoms with E-state index in [1.165, 1.54) is 38.9 Å². The number of anilines is 1. The van der Waals surface area contributed by atoms with Crippen LogP contribution in [0.5, 0.6) is 0 Å². The fourth-order valence-corrected chi connectivity index (χ4v) is 4.63. The van der Waals surface area contributed by atoms with Gasteiger partial charge in [-0.1, -0.05) is 42.8 Å². The molecule has 4 rings (SSSR count). The Balaban J connectivity index is 0.00000240. The van der Waals surface area contributed by atoms with Crippen LogP contribution in [-0.4, -0.2) is 16.1 Å². The van der Waals surface area contributed by atoms with Gasteiger partial charge in [-0.2, -0.15) is 0 Å². The number of hydrogen-bond acceptors (Lipinski definition) is 2. The van der Waals surface area contributed by atoms with E-state index in [1.807, 2.05) is 6.20 Å². The molecule has 0 saturated carbocycles. The van der Waals surface area contributed by atoms with Gasteiger partial charge in [-0.3, -0.25) is 0 Å². The standard InChI is InChI=1S/C25H31N3.ClH/c1-6-23-22-10-8-7-9-20(22)13-16-28(23)25-24-21(11-14-26-25)18(4)19(5)27(24)15-12-17(2)3;/h7-12,14,23H,6,13,15-16H2,1-5H3;1H. The van der Waals surface area contributed by atoms with Gasteiger partial charge in [0.25, 0.3) is 0 Å². The molecule has 3 heterocycles. The molecule has 0 aliphatic carbocycles. The van der Waals surface area contributed by atoms with Crippen LogP contribution in [0, 0.1) is 13.8 Å². The molecule has 1 aromatic carbocycles. The minimum atomic E-state index is 0. The van der Waals surface area contributed by atoms with Gasteiger partial charge in [-0.15, -0.1) is 12.4 Å². The highest BCUT2D eigenvalue weighted by Gasteiger charge is 2.29. The molecule has 29 heavy (non-hydrogen) atoms. The first-order valence-corrected chi connectivity index (χ1v) is 10.4. The molecule has 0 bridgehead atoms. The molecule has 0 saturated heterocycles. The minimum absolute atomic E-state index is 0. The molecule has 1 aliphatic rings. The summed E-state index contributed by atoms with van der Waals surface area (Å²) in [4.78, 5) is 7.47. The van der Waals surface area contributed by atoms with Crippen LogP contribution in [0.4, 0.5) is 5.82 Å². The van der Waals surface area contributed by atoms with Gasteiger partial charge < -0.3 is 9.47 Å². The van der Waals surface area contributed by atoms with E-state index in [2.05, 4.69) is 80.5 Å². The lowest BCUT2D eigenvalue weighted by Gasteiger charge is -2.38. The van der Waals surface area contributed by atoms with Crippen LogP contribution in [0.25, 0.3) is 10.9 Å². The number of fused-ring (bicyclic) bond motifs is 2. The fourth-order valence-electron chi connectivity index (χ4n) is 4.63. The van der Waals surface area contributed by atoms with E-state index in [4.69, 9.17) is 4.98 Å². The van der Waals surface area contributed by atoms with E-state index in [-0.39, 0.29) is 12.4 Å². The molecule has 4 heteroatoms. The summed E-state index contributed by atoms with van der Waals surface area (Å²) >= 11 is 0. The highest BCUT2D eigenvalue weighted by Crippen LogP contribution is 2.39. The number of aryl methyl sites for hydroxylation is 1.